The van der Waals surface area contributed by atoms with Crippen LogP contribution in [-0.4, -0.2) is 33.5 Å². The fourth-order valence-corrected chi connectivity index (χ4v) is 4.16. The average Bonchev–Trinajstić information content (AvgIpc) is 3.15. The van der Waals surface area contributed by atoms with E-state index in [1.54, 1.807) is 19.2 Å². The summed E-state index contributed by atoms with van der Waals surface area (Å²) < 4.78 is 8.94. The number of aromatic nitrogens is 3. The molecule has 0 bridgehead atoms. The van der Waals surface area contributed by atoms with E-state index >= 15 is 0 Å². The number of fused-ring (bicyclic) bond motifs is 2. The van der Waals surface area contributed by atoms with Crippen LogP contribution >= 0.6 is 15.9 Å². The molecule has 0 unspecified atom stereocenters. The molecule has 33 heavy (non-hydrogen) atoms. The normalized spacial score (nSPS) is 13.2. The van der Waals surface area contributed by atoms with Gasteiger partial charge in [-0.1, -0.05) is 54.9 Å². The van der Waals surface area contributed by atoms with E-state index in [1.807, 2.05) is 67.9 Å². The van der Waals surface area contributed by atoms with Crippen molar-refractivity contribution in [2.75, 3.05) is 7.11 Å². The highest BCUT2D eigenvalue weighted by Gasteiger charge is 2.23. The Labute approximate surface area is 199 Å². The van der Waals surface area contributed by atoms with Crippen molar-refractivity contribution in [3.63, 3.8) is 0 Å². The van der Waals surface area contributed by atoms with Gasteiger partial charge in [-0.2, -0.15) is 9.78 Å². The lowest BCUT2D eigenvalue weighted by Crippen LogP contribution is -2.29. The summed E-state index contributed by atoms with van der Waals surface area (Å²) in [5.74, 6) is 0.222. The molecule has 4 rings (SSSR count). The summed E-state index contributed by atoms with van der Waals surface area (Å²) in [4.78, 5) is 30.3. The minimum Gasteiger partial charge on any atom is -0.467 e. The fourth-order valence-electron chi connectivity index (χ4n) is 3.80. The number of methoxy groups -OCH3 is 1. The number of halogens is 1. The highest BCUT2D eigenvalue weighted by molar-refractivity contribution is 9.10. The third kappa shape index (κ3) is 4.23. The number of nitrogens with zero attached hydrogens (tertiary/aromatic N) is 4. The van der Waals surface area contributed by atoms with Crippen LogP contribution in [0.25, 0.3) is 21.8 Å². The summed E-state index contributed by atoms with van der Waals surface area (Å²) >= 11 is 3.43. The monoisotopic (exact) mass is 508 g/mol. The van der Waals surface area contributed by atoms with Crippen molar-refractivity contribution in [3.05, 3.63) is 74.9 Å². The summed E-state index contributed by atoms with van der Waals surface area (Å²) in [5, 5.41) is 5.98. The number of carbonyl (C=O) groups excluding carboxylic acids is 1. The Bertz CT molecular complexity index is 1460. The van der Waals surface area contributed by atoms with Crippen molar-refractivity contribution in [1.82, 2.24) is 14.2 Å². The fraction of sp³-hybridized carbons (Fsp3) is 0.280. The molecular weight excluding hydrogens is 484 g/mol. The zero-order valence-corrected chi connectivity index (χ0v) is 20.8. The first-order valence-corrected chi connectivity index (χ1v) is 11.4. The van der Waals surface area contributed by atoms with E-state index < -0.39 is 11.5 Å². The molecule has 0 amide bonds. The smallest absolute Gasteiger partial charge is 0.328 e. The molecule has 170 valence electrons. The first-order chi connectivity index (χ1) is 15.6. The third-order valence-corrected chi connectivity index (χ3v) is 6.02. The second kappa shape index (κ2) is 8.59. The van der Waals surface area contributed by atoms with Crippen LogP contribution < -0.4 is 5.56 Å². The second-order valence-corrected chi connectivity index (χ2v) is 9.83. The zero-order valence-electron chi connectivity index (χ0n) is 19.2. The molecule has 1 atom stereocenters. The maximum Gasteiger partial charge on any atom is 0.328 e. The maximum atomic E-state index is 13.4. The van der Waals surface area contributed by atoms with Gasteiger partial charge in [0.25, 0.3) is 5.56 Å². The molecule has 2 aromatic carbocycles. The van der Waals surface area contributed by atoms with Crippen LogP contribution in [0.1, 0.15) is 45.1 Å². The van der Waals surface area contributed by atoms with Gasteiger partial charge in [-0.25, -0.2) is 9.78 Å². The Balaban J connectivity index is 1.91. The summed E-state index contributed by atoms with van der Waals surface area (Å²) in [6, 6.07) is 12.7. The van der Waals surface area contributed by atoms with Gasteiger partial charge in [0.2, 0.25) is 0 Å². The van der Waals surface area contributed by atoms with E-state index in [-0.39, 0.29) is 11.5 Å². The average molecular weight is 509 g/mol. The molecule has 8 heteroatoms. The first-order valence-electron chi connectivity index (χ1n) is 10.6. The van der Waals surface area contributed by atoms with Crippen molar-refractivity contribution in [3.8, 4) is 0 Å². The Hall–Kier alpha value is -3.26. The van der Waals surface area contributed by atoms with Crippen LogP contribution in [0.5, 0.6) is 0 Å². The molecule has 2 aromatic heterocycles. The predicted octanol–water partition coefficient (Wildman–Crippen LogP) is 5.03. The zero-order chi connectivity index (χ0) is 23.9. The van der Waals surface area contributed by atoms with E-state index in [4.69, 9.17) is 9.72 Å². The topological polar surface area (TPSA) is 78.5 Å². The summed E-state index contributed by atoms with van der Waals surface area (Å²) in [5.41, 5.74) is 1.63. The standard InChI is InChI=1S/C25H25BrN4O3/c1-15(23(32)33-5)29-14-16(18-8-6-7-9-21(18)29)13-27-30-22(31)19-12-17(26)10-11-20(19)28-24(30)25(2,3)4/h6-15H,1-5H3/t15-/m1/s1. The SMILES string of the molecule is COC(=O)[C@@H](C)n1cc(C=Nn2c(C(C)(C)C)nc3ccc(Br)cc3c2=O)c2ccccc21. The number of esters is 1. The van der Waals surface area contributed by atoms with E-state index in [0.717, 1.165) is 20.9 Å². The lowest BCUT2D eigenvalue weighted by Gasteiger charge is -2.20. The number of hydrogen-bond donors (Lipinski definition) is 0. The van der Waals surface area contributed by atoms with Gasteiger partial charge in [-0.15, -0.1) is 0 Å². The second-order valence-electron chi connectivity index (χ2n) is 8.92. The highest BCUT2D eigenvalue weighted by Crippen LogP contribution is 2.26. The largest absolute Gasteiger partial charge is 0.467 e. The summed E-state index contributed by atoms with van der Waals surface area (Å²) in [6.45, 7) is 7.77. The van der Waals surface area contributed by atoms with Crippen LogP contribution in [0.3, 0.4) is 0 Å². The summed E-state index contributed by atoms with van der Waals surface area (Å²) in [7, 11) is 1.37. The van der Waals surface area contributed by atoms with Gasteiger partial charge in [0.1, 0.15) is 11.9 Å². The van der Waals surface area contributed by atoms with Crippen molar-refractivity contribution < 1.29 is 9.53 Å². The Morgan fingerprint density at radius 3 is 2.61 bits per heavy atom. The Morgan fingerprint density at radius 2 is 1.91 bits per heavy atom. The number of para-hydroxylation sites is 1. The van der Waals surface area contributed by atoms with E-state index in [2.05, 4.69) is 21.0 Å². The van der Waals surface area contributed by atoms with Gasteiger partial charge in [0, 0.05) is 32.6 Å². The molecule has 0 aliphatic rings. The molecule has 0 aliphatic heterocycles. The molecule has 0 spiro atoms. The quantitative estimate of drug-likeness (QED) is 0.286. The molecule has 0 saturated carbocycles. The molecule has 0 fully saturated rings. The minimum atomic E-state index is -0.505. The van der Waals surface area contributed by atoms with Gasteiger partial charge >= 0.3 is 5.97 Å². The first kappa shape index (κ1) is 22.9. The van der Waals surface area contributed by atoms with Gasteiger partial charge in [0.05, 0.1) is 24.2 Å². The van der Waals surface area contributed by atoms with Crippen LogP contribution in [0.15, 0.2) is 63.0 Å². The molecule has 0 saturated heterocycles. The Kier molecular flexibility index (Phi) is 5.97. The molecule has 2 heterocycles. The predicted molar refractivity (Wildman–Crippen MR) is 134 cm³/mol. The molecule has 0 radical (unpaired) electrons. The Morgan fingerprint density at radius 1 is 1.18 bits per heavy atom. The number of benzene rings is 2. The highest BCUT2D eigenvalue weighted by atomic mass is 79.9. The van der Waals surface area contributed by atoms with Crippen LogP contribution in [-0.2, 0) is 14.9 Å². The van der Waals surface area contributed by atoms with E-state index in [1.165, 1.54) is 11.8 Å². The number of ether oxygens (including phenoxy) is 1. The molecule has 4 aromatic rings. The van der Waals surface area contributed by atoms with Gasteiger partial charge in [0.15, 0.2) is 0 Å². The van der Waals surface area contributed by atoms with E-state index in [9.17, 15) is 9.59 Å². The summed E-state index contributed by atoms with van der Waals surface area (Å²) in [6.07, 6.45) is 3.49. The van der Waals surface area contributed by atoms with Gasteiger partial charge in [-0.05, 0) is 31.2 Å². The van der Waals surface area contributed by atoms with Gasteiger partial charge < -0.3 is 9.30 Å². The number of hydrogen-bond acceptors (Lipinski definition) is 5. The lowest BCUT2D eigenvalue weighted by molar-refractivity contribution is -0.143. The number of rotatable bonds is 4. The van der Waals surface area contributed by atoms with E-state index in [0.29, 0.717) is 16.7 Å². The van der Waals surface area contributed by atoms with Crippen molar-refractivity contribution in [1.29, 1.82) is 0 Å². The molecule has 0 aliphatic carbocycles. The van der Waals surface area contributed by atoms with Crippen molar-refractivity contribution >= 4 is 49.9 Å². The number of carbonyl (C=O) groups is 1. The van der Waals surface area contributed by atoms with Crippen molar-refractivity contribution in [2.24, 2.45) is 5.10 Å². The third-order valence-electron chi connectivity index (χ3n) is 5.52. The maximum absolute atomic E-state index is 13.4. The molecule has 7 nitrogen and oxygen atoms in total. The molecule has 0 N–H and O–H groups in total. The molecular formula is C25H25BrN4O3. The van der Waals surface area contributed by atoms with Crippen LogP contribution in [0, 0.1) is 0 Å². The van der Waals surface area contributed by atoms with Crippen LogP contribution in [0.4, 0.5) is 0 Å². The lowest BCUT2D eigenvalue weighted by atomic mass is 9.95. The van der Waals surface area contributed by atoms with Crippen molar-refractivity contribution in [2.45, 2.75) is 39.2 Å². The minimum absolute atomic E-state index is 0.242. The van der Waals surface area contributed by atoms with Crippen LogP contribution in [0.2, 0.25) is 0 Å². The van der Waals surface area contributed by atoms with Gasteiger partial charge in [-0.3, -0.25) is 4.79 Å².